The molecule has 0 atom stereocenters. The second-order valence-corrected chi connectivity index (χ2v) is 5.74. The van der Waals surface area contributed by atoms with E-state index in [9.17, 15) is 4.79 Å². The summed E-state index contributed by atoms with van der Waals surface area (Å²) in [5.41, 5.74) is 0.134. The standard InChI is InChI=1S/C13H28N2O2/c1-11(2)10-12(16)14-6-8-17-9-7-15-13(3,4)5/h11,15H,6-10H2,1-5H3,(H,14,16). The average molecular weight is 244 g/mol. The molecule has 0 aromatic heterocycles. The van der Waals surface area contributed by atoms with Gasteiger partial charge in [-0.15, -0.1) is 0 Å². The fourth-order valence-electron chi connectivity index (χ4n) is 1.31. The predicted molar refractivity (Wildman–Crippen MR) is 71.0 cm³/mol. The van der Waals surface area contributed by atoms with Crippen LogP contribution < -0.4 is 10.6 Å². The van der Waals surface area contributed by atoms with Crippen molar-refractivity contribution in [1.82, 2.24) is 10.6 Å². The zero-order valence-corrected chi connectivity index (χ0v) is 11.9. The lowest BCUT2D eigenvalue weighted by atomic mass is 10.1. The second kappa shape index (κ2) is 8.48. The zero-order chi connectivity index (χ0) is 13.3. The first kappa shape index (κ1) is 16.4. The molecule has 0 aliphatic carbocycles. The molecule has 0 fully saturated rings. The van der Waals surface area contributed by atoms with Crippen LogP contribution in [0.4, 0.5) is 0 Å². The van der Waals surface area contributed by atoms with Gasteiger partial charge in [0.2, 0.25) is 5.91 Å². The summed E-state index contributed by atoms with van der Waals surface area (Å²) in [6, 6.07) is 0. The van der Waals surface area contributed by atoms with Crippen molar-refractivity contribution in [2.24, 2.45) is 5.92 Å². The molecule has 17 heavy (non-hydrogen) atoms. The summed E-state index contributed by atoms with van der Waals surface area (Å²) in [6.07, 6.45) is 0.589. The van der Waals surface area contributed by atoms with Gasteiger partial charge in [-0.2, -0.15) is 0 Å². The molecular formula is C13H28N2O2. The molecular weight excluding hydrogens is 216 g/mol. The molecule has 0 aliphatic heterocycles. The van der Waals surface area contributed by atoms with Crippen molar-refractivity contribution in [3.8, 4) is 0 Å². The van der Waals surface area contributed by atoms with E-state index in [4.69, 9.17) is 4.74 Å². The number of rotatable bonds is 8. The van der Waals surface area contributed by atoms with Crippen molar-refractivity contribution in [2.75, 3.05) is 26.3 Å². The largest absolute Gasteiger partial charge is 0.378 e. The Hall–Kier alpha value is -0.610. The minimum Gasteiger partial charge on any atom is -0.378 e. The quantitative estimate of drug-likeness (QED) is 0.637. The first-order chi connectivity index (χ1) is 7.81. The maximum Gasteiger partial charge on any atom is 0.220 e. The third-order valence-corrected chi connectivity index (χ3v) is 2.06. The van der Waals surface area contributed by atoms with Gasteiger partial charge in [-0.25, -0.2) is 0 Å². The van der Waals surface area contributed by atoms with Gasteiger partial charge in [-0.3, -0.25) is 4.79 Å². The summed E-state index contributed by atoms with van der Waals surface area (Å²) >= 11 is 0. The van der Waals surface area contributed by atoms with Crippen LogP contribution in [0.25, 0.3) is 0 Å². The fraction of sp³-hybridized carbons (Fsp3) is 0.923. The Labute approximate surface area is 105 Å². The van der Waals surface area contributed by atoms with Gasteiger partial charge in [0.05, 0.1) is 13.2 Å². The van der Waals surface area contributed by atoms with Crippen LogP contribution in [0.15, 0.2) is 0 Å². The molecule has 0 saturated heterocycles. The summed E-state index contributed by atoms with van der Waals surface area (Å²) in [5, 5.41) is 6.17. The van der Waals surface area contributed by atoms with Gasteiger partial charge in [0.1, 0.15) is 0 Å². The summed E-state index contributed by atoms with van der Waals surface area (Å²) < 4.78 is 5.41. The second-order valence-electron chi connectivity index (χ2n) is 5.74. The van der Waals surface area contributed by atoms with Crippen molar-refractivity contribution in [1.29, 1.82) is 0 Å². The lowest BCUT2D eigenvalue weighted by molar-refractivity contribution is -0.122. The average Bonchev–Trinajstić information content (AvgIpc) is 2.13. The van der Waals surface area contributed by atoms with E-state index in [1.807, 2.05) is 13.8 Å². The lowest BCUT2D eigenvalue weighted by Gasteiger charge is -2.20. The molecule has 4 heteroatoms. The highest BCUT2D eigenvalue weighted by Gasteiger charge is 2.07. The molecule has 0 unspecified atom stereocenters. The molecule has 102 valence electrons. The van der Waals surface area contributed by atoms with Crippen molar-refractivity contribution in [3.05, 3.63) is 0 Å². The highest BCUT2D eigenvalue weighted by molar-refractivity contribution is 5.75. The maximum absolute atomic E-state index is 11.3. The molecule has 0 heterocycles. The Morgan fingerprint density at radius 1 is 1.18 bits per heavy atom. The smallest absolute Gasteiger partial charge is 0.220 e. The molecule has 0 bridgehead atoms. The van der Waals surface area contributed by atoms with Gasteiger partial charge < -0.3 is 15.4 Å². The van der Waals surface area contributed by atoms with E-state index >= 15 is 0 Å². The Bertz CT molecular complexity index is 210. The van der Waals surface area contributed by atoms with Gasteiger partial charge in [-0.05, 0) is 26.7 Å². The first-order valence-corrected chi connectivity index (χ1v) is 6.41. The number of hydrogen-bond acceptors (Lipinski definition) is 3. The Morgan fingerprint density at radius 2 is 1.76 bits per heavy atom. The molecule has 0 aromatic carbocycles. The van der Waals surface area contributed by atoms with Gasteiger partial charge >= 0.3 is 0 Å². The third-order valence-electron chi connectivity index (χ3n) is 2.06. The van der Waals surface area contributed by atoms with Gasteiger partial charge in [-0.1, -0.05) is 13.8 Å². The maximum atomic E-state index is 11.3. The fourth-order valence-corrected chi connectivity index (χ4v) is 1.31. The van der Waals surface area contributed by atoms with Crippen LogP contribution in [0.3, 0.4) is 0 Å². The van der Waals surface area contributed by atoms with Crippen molar-refractivity contribution in [2.45, 2.75) is 46.6 Å². The number of nitrogens with one attached hydrogen (secondary N) is 2. The van der Waals surface area contributed by atoms with Crippen molar-refractivity contribution < 1.29 is 9.53 Å². The first-order valence-electron chi connectivity index (χ1n) is 6.41. The molecule has 0 saturated carbocycles. The van der Waals surface area contributed by atoms with E-state index in [-0.39, 0.29) is 11.4 Å². The highest BCUT2D eigenvalue weighted by Crippen LogP contribution is 1.98. The Kier molecular flexibility index (Phi) is 8.17. The van der Waals surface area contributed by atoms with E-state index in [0.29, 0.717) is 32.1 Å². The molecule has 2 N–H and O–H groups in total. The number of carbonyl (C=O) groups excluding carboxylic acids is 1. The van der Waals surface area contributed by atoms with Crippen LogP contribution in [0.2, 0.25) is 0 Å². The Morgan fingerprint density at radius 3 is 2.29 bits per heavy atom. The number of carbonyl (C=O) groups is 1. The van der Waals surface area contributed by atoms with Crippen LogP contribution in [0, 0.1) is 5.92 Å². The summed E-state index contributed by atoms with van der Waals surface area (Å²) in [5.74, 6) is 0.517. The number of ether oxygens (including phenoxy) is 1. The number of hydrogen-bond donors (Lipinski definition) is 2. The van der Waals surface area contributed by atoms with Gasteiger partial charge in [0, 0.05) is 25.0 Å². The van der Waals surface area contributed by atoms with E-state index in [0.717, 1.165) is 6.54 Å². The number of amides is 1. The molecule has 0 rings (SSSR count). The van der Waals surface area contributed by atoms with E-state index in [1.54, 1.807) is 0 Å². The SMILES string of the molecule is CC(C)CC(=O)NCCOCCNC(C)(C)C. The van der Waals surface area contributed by atoms with E-state index < -0.39 is 0 Å². The minimum absolute atomic E-state index is 0.108. The zero-order valence-electron chi connectivity index (χ0n) is 11.9. The van der Waals surface area contributed by atoms with Crippen LogP contribution in [-0.4, -0.2) is 37.7 Å². The molecule has 0 spiro atoms. The van der Waals surface area contributed by atoms with Gasteiger partial charge in [0.15, 0.2) is 0 Å². The predicted octanol–water partition coefficient (Wildman–Crippen LogP) is 1.55. The lowest BCUT2D eigenvalue weighted by Crippen LogP contribution is -2.38. The molecule has 4 nitrogen and oxygen atoms in total. The van der Waals surface area contributed by atoms with Crippen molar-refractivity contribution in [3.63, 3.8) is 0 Å². The molecule has 0 radical (unpaired) electrons. The van der Waals surface area contributed by atoms with Gasteiger partial charge in [0.25, 0.3) is 0 Å². The monoisotopic (exact) mass is 244 g/mol. The van der Waals surface area contributed by atoms with E-state index in [1.165, 1.54) is 0 Å². The van der Waals surface area contributed by atoms with E-state index in [2.05, 4.69) is 31.4 Å². The molecule has 1 amide bonds. The van der Waals surface area contributed by atoms with Crippen LogP contribution in [0.5, 0.6) is 0 Å². The Balaban J connectivity index is 3.27. The molecule has 0 aromatic rings. The van der Waals surface area contributed by atoms with Crippen LogP contribution in [0.1, 0.15) is 41.0 Å². The van der Waals surface area contributed by atoms with Crippen molar-refractivity contribution >= 4 is 5.91 Å². The summed E-state index contributed by atoms with van der Waals surface area (Å²) in [6.45, 7) is 13.1. The molecule has 0 aliphatic rings. The highest BCUT2D eigenvalue weighted by atomic mass is 16.5. The summed E-state index contributed by atoms with van der Waals surface area (Å²) in [7, 11) is 0. The third kappa shape index (κ3) is 13.3. The topological polar surface area (TPSA) is 50.4 Å². The minimum atomic E-state index is 0.108. The summed E-state index contributed by atoms with van der Waals surface area (Å²) in [4.78, 5) is 11.3. The normalized spacial score (nSPS) is 11.9. The van der Waals surface area contributed by atoms with Crippen LogP contribution >= 0.6 is 0 Å². The van der Waals surface area contributed by atoms with Crippen LogP contribution in [-0.2, 0) is 9.53 Å².